The van der Waals surface area contributed by atoms with Crippen molar-refractivity contribution in [2.24, 2.45) is 4.99 Å². The Morgan fingerprint density at radius 2 is 1.59 bits per heavy atom. The quantitative estimate of drug-likeness (QED) is 0.812. The summed E-state index contributed by atoms with van der Waals surface area (Å²) in [6.07, 6.45) is -0.132. The molecule has 1 aliphatic heterocycles. The predicted octanol–water partition coefficient (Wildman–Crippen LogP) is 3.32. The minimum atomic E-state index is -0.201. The molecule has 1 aliphatic rings. The first-order valence-corrected chi connectivity index (χ1v) is 8.10. The lowest BCUT2D eigenvalue weighted by atomic mass is 10.1. The lowest BCUT2D eigenvalue weighted by Crippen LogP contribution is -2.37. The summed E-state index contributed by atoms with van der Waals surface area (Å²) in [7, 11) is 3.93. The number of ketones is 1. The van der Waals surface area contributed by atoms with Crippen LogP contribution in [0.2, 0.25) is 0 Å². The molecule has 4 heteroatoms. The van der Waals surface area contributed by atoms with Crippen molar-refractivity contribution in [2.75, 3.05) is 14.1 Å². The molecule has 0 saturated heterocycles. The highest BCUT2D eigenvalue weighted by atomic mass is 32.2. The van der Waals surface area contributed by atoms with E-state index >= 15 is 0 Å². The first-order chi connectivity index (χ1) is 10.7. The maximum Gasteiger partial charge on any atom is 0.179 e. The zero-order valence-electron chi connectivity index (χ0n) is 12.6. The fourth-order valence-electron chi connectivity index (χ4n) is 2.46. The molecule has 3 nitrogen and oxygen atoms in total. The van der Waals surface area contributed by atoms with Gasteiger partial charge < -0.3 is 0 Å². The van der Waals surface area contributed by atoms with E-state index in [0.29, 0.717) is 0 Å². The summed E-state index contributed by atoms with van der Waals surface area (Å²) in [6, 6.07) is 19.5. The average molecular weight is 310 g/mol. The van der Waals surface area contributed by atoms with Crippen LogP contribution in [-0.2, 0) is 0 Å². The number of rotatable bonds is 4. The number of hydrogen-bond donors (Lipinski definition) is 0. The number of hydrogen-bond acceptors (Lipinski definition) is 4. The number of aliphatic imine (C=N–C) groups is 1. The molecule has 0 bridgehead atoms. The van der Waals surface area contributed by atoms with Gasteiger partial charge in [-0.1, -0.05) is 72.4 Å². The molecule has 22 heavy (non-hydrogen) atoms. The van der Waals surface area contributed by atoms with Crippen molar-refractivity contribution in [3.63, 3.8) is 0 Å². The zero-order valence-corrected chi connectivity index (χ0v) is 13.5. The zero-order chi connectivity index (χ0) is 15.5. The summed E-state index contributed by atoms with van der Waals surface area (Å²) in [5.41, 5.74) is 1.82. The molecular formula is C18H18N2OS. The van der Waals surface area contributed by atoms with Crippen LogP contribution in [0.5, 0.6) is 0 Å². The lowest BCUT2D eigenvalue weighted by molar-refractivity contribution is 0.0959. The Labute approximate surface area is 135 Å². The van der Waals surface area contributed by atoms with Crippen molar-refractivity contribution in [1.82, 2.24) is 4.90 Å². The van der Waals surface area contributed by atoms with E-state index in [0.717, 1.165) is 16.2 Å². The second kappa shape index (κ2) is 6.46. The fourth-order valence-corrected chi connectivity index (χ4v) is 3.82. The molecular weight excluding hydrogens is 292 g/mol. The molecule has 2 atom stereocenters. The van der Waals surface area contributed by atoms with E-state index in [4.69, 9.17) is 4.99 Å². The molecule has 0 radical (unpaired) electrons. The van der Waals surface area contributed by atoms with E-state index in [1.54, 1.807) is 11.8 Å². The summed E-state index contributed by atoms with van der Waals surface area (Å²) in [4.78, 5) is 19.6. The molecule has 0 amide bonds. The Morgan fingerprint density at radius 1 is 1.00 bits per heavy atom. The van der Waals surface area contributed by atoms with Gasteiger partial charge in [-0.15, -0.1) is 0 Å². The molecule has 0 aromatic heterocycles. The third-order valence-electron chi connectivity index (χ3n) is 3.63. The summed E-state index contributed by atoms with van der Waals surface area (Å²) in [5.74, 6) is 0.138. The summed E-state index contributed by atoms with van der Waals surface area (Å²) >= 11 is 1.56. The molecule has 0 unspecified atom stereocenters. The first-order valence-electron chi connectivity index (χ1n) is 7.22. The predicted molar refractivity (Wildman–Crippen MR) is 92.6 cm³/mol. The first kappa shape index (κ1) is 15.0. The van der Waals surface area contributed by atoms with Gasteiger partial charge in [0.1, 0.15) is 16.5 Å². The molecule has 3 rings (SSSR count). The molecule has 0 fully saturated rings. The van der Waals surface area contributed by atoms with Gasteiger partial charge in [-0.05, 0) is 14.1 Å². The summed E-state index contributed by atoms with van der Waals surface area (Å²) < 4.78 is 0. The van der Waals surface area contributed by atoms with E-state index in [2.05, 4.69) is 0 Å². The standard InChI is InChI=1S/C18H18N2OS/c1-20(2)17-16(15(21)13-9-5-3-6-10-13)22-18(19-17)14-11-7-4-8-12-14/h3-12,16-17H,1-2H3/t16-,17-/m0/s1. The fraction of sp³-hybridized carbons (Fsp3) is 0.222. The van der Waals surface area contributed by atoms with Crippen molar-refractivity contribution >= 4 is 22.6 Å². The molecule has 0 saturated carbocycles. The van der Waals surface area contributed by atoms with Crippen molar-refractivity contribution < 1.29 is 4.79 Å². The van der Waals surface area contributed by atoms with Crippen LogP contribution in [0, 0.1) is 0 Å². The van der Waals surface area contributed by atoms with Gasteiger partial charge in [0.15, 0.2) is 5.78 Å². The number of benzene rings is 2. The van der Waals surface area contributed by atoms with E-state index in [1.807, 2.05) is 79.7 Å². The maximum absolute atomic E-state index is 12.8. The summed E-state index contributed by atoms with van der Waals surface area (Å²) in [6.45, 7) is 0. The van der Waals surface area contributed by atoms with Gasteiger partial charge in [-0.25, -0.2) is 0 Å². The largest absolute Gasteiger partial charge is 0.293 e. The van der Waals surface area contributed by atoms with E-state index in [-0.39, 0.29) is 17.2 Å². The van der Waals surface area contributed by atoms with Crippen LogP contribution < -0.4 is 0 Å². The molecule has 0 spiro atoms. The second-order valence-electron chi connectivity index (χ2n) is 5.45. The van der Waals surface area contributed by atoms with Crippen LogP contribution in [-0.4, -0.2) is 41.2 Å². The van der Waals surface area contributed by atoms with Gasteiger partial charge in [0.25, 0.3) is 0 Å². The summed E-state index contributed by atoms with van der Waals surface area (Å²) in [5, 5.41) is 0.737. The smallest absolute Gasteiger partial charge is 0.179 e. The Hall–Kier alpha value is -1.91. The monoisotopic (exact) mass is 310 g/mol. The number of carbonyl (C=O) groups is 1. The van der Waals surface area contributed by atoms with Gasteiger partial charge in [-0.3, -0.25) is 14.7 Å². The van der Waals surface area contributed by atoms with Gasteiger partial charge in [-0.2, -0.15) is 0 Å². The Morgan fingerprint density at radius 3 is 2.18 bits per heavy atom. The van der Waals surface area contributed by atoms with E-state index in [1.165, 1.54) is 0 Å². The minimum absolute atomic E-state index is 0.132. The van der Waals surface area contributed by atoms with Crippen molar-refractivity contribution in [2.45, 2.75) is 11.4 Å². The normalized spacial score (nSPS) is 21.0. The van der Waals surface area contributed by atoms with Crippen LogP contribution in [0.4, 0.5) is 0 Å². The molecule has 0 N–H and O–H groups in total. The number of carbonyl (C=O) groups excluding carboxylic acids is 1. The van der Waals surface area contributed by atoms with E-state index in [9.17, 15) is 4.79 Å². The van der Waals surface area contributed by atoms with Gasteiger partial charge >= 0.3 is 0 Å². The Balaban J connectivity index is 1.89. The van der Waals surface area contributed by atoms with Crippen molar-refractivity contribution in [3.8, 4) is 0 Å². The Kier molecular flexibility index (Phi) is 4.41. The highest BCUT2D eigenvalue weighted by molar-refractivity contribution is 8.15. The minimum Gasteiger partial charge on any atom is -0.293 e. The average Bonchev–Trinajstić information content (AvgIpc) is 3.01. The second-order valence-corrected chi connectivity index (χ2v) is 6.58. The van der Waals surface area contributed by atoms with Gasteiger partial charge in [0, 0.05) is 11.1 Å². The molecule has 112 valence electrons. The van der Waals surface area contributed by atoms with E-state index < -0.39 is 0 Å². The van der Waals surface area contributed by atoms with Gasteiger partial charge in [0.2, 0.25) is 0 Å². The third kappa shape index (κ3) is 2.98. The third-order valence-corrected chi connectivity index (χ3v) is 4.90. The maximum atomic E-state index is 12.8. The molecule has 2 aromatic carbocycles. The number of thioether (sulfide) groups is 1. The van der Waals surface area contributed by atoms with Crippen LogP contribution >= 0.6 is 11.8 Å². The molecule has 0 aliphatic carbocycles. The number of nitrogens with zero attached hydrogens (tertiary/aromatic N) is 2. The van der Waals surface area contributed by atoms with Crippen LogP contribution in [0.3, 0.4) is 0 Å². The van der Waals surface area contributed by atoms with Crippen LogP contribution in [0.1, 0.15) is 15.9 Å². The lowest BCUT2D eigenvalue weighted by Gasteiger charge is -2.22. The topological polar surface area (TPSA) is 32.7 Å². The van der Waals surface area contributed by atoms with Crippen LogP contribution in [0.25, 0.3) is 0 Å². The van der Waals surface area contributed by atoms with Crippen molar-refractivity contribution in [3.05, 3.63) is 71.8 Å². The van der Waals surface area contributed by atoms with Crippen molar-refractivity contribution in [1.29, 1.82) is 0 Å². The Bertz CT molecular complexity index is 683. The van der Waals surface area contributed by atoms with Gasteiger partial charge in [0.05, 0.1) is 0 Å². The number of Topliss-reactive ketones (excluding diaryl/α,β-unsaturated/α-hetero) is 1. The molecule has 2 aromatic rings. The SMILES string of the molecule is CN(C)[C@@H]1N=C(c2ccccc2)S[C@H]1C(=O)c1ccccc1. The highest BCUT2D eigenvalue weighted by Crippen LogP contribution is 2.33. The van der Waals surface area contributed by atoms with Crippen LogP contribution in [0.15, 0.2) is 65.7 Å². The highest BCUT2D eigenvalue weighted by Gasteiger charge is 2.37. The molecule has 1 heterocycles.